The number of hydrogen-bond acceptors (Lipinski definition) is 3. The normalized spacial score (nSPS) is 40.0. The maximum absolute atomic E-state index is 11.2. The first-order valence-electron chi connectivity index (χ1n) is 13.5. The second-order valence-electron chi connectivity index (χ2n) is 13.5. The monoisotopic (exact) mass is 472 g/mol. The van der Waals surface area contributed by atoms with Gasteiger partial charge in [0.2, 0.25) is 0 Å². The van der Waals surface area contributed by atoms with E-state index in [2.05, 4.69) is 59.9 Å². The van der Waals surface area contributed by atoms with Crippen LogP contribution in [0.5, 0.6) is 0 Å². The second kappa shape index (κ2) is 8.66. The first kappa shape index (κ1) is 25.2. The number of ether oxygens (including phenoxy) is 1. The molecule has 0 unspecified atom stereocenters. The first-order chi connectivity index (χ1) is 15.3. The summed E-state index contributed by atoms with van der Waals surface area (Å²) in [5.41, 5.74) is 3.93. The van der Waals surface area contributed by atoms with Crippen LogP contribution in [0.2, 0.25) is 18.1 Å². The topological polar surface area (TPSA) is 35.5 Å². The Morgan fingerprint density at radius 2 is 1.79 bits per heavy atom. The van der Waals surface area contributed by atoms with Crippen molar-refractivity contribution in [1.29, 1.82) is 0 Å². The zero-order valence-electron chi connectivity index (χ0n) is 22.6. The molecule has 0 saturated heterocycles. The lowest BCUT2D eigenvalue weighted by molar-refractivity contribution is -0.139. The maximum atomic E-state index is 11.2. The minimum absolute atomic E-state index is 0.179. The molecule has 3 fully saturated rings. The van der Waals surface area contributed by atoms with Crippen LogP contribution >= 0.6 is 0 Å². The number of fused-ring (bicyclic) bond motifs is 5. The largest absolute Gasteiger partial charge is 0.462 e. The van der Waals surface area contributed by atoms with Crippen molar-refractivity contribution < 1.29 is 14.0 Å². The molecule has 0 amide bonds. The summed E-state index contributed by atoms with van der Waals surface area (Å²) in [4.78, 5) is 11.2. The van der Waals surface area contributed by atoms with E-state index in [1.165, 1.54) is 51.9 Å². The van der Waals surface area contributed by atoms with Crippen LogP contribution in [0.4, 0.5) is 0 Å². The van der Waals surface area contributed by atoms with Crippen LogP contribution in [-0.2, 0) is 14.0 Å². The molecule has 0 heterocycles. The molecule has 0 aromatic heterocycles. The summed E-state index contributed by atoms with van der Waals surface area (Å²) in [6.45, 7) is 18.9. The van der Waals surface area contributed by atoms with Gasteiger partial charge in [-0.2, -0.15) is 0 Å². The lowest BCUT2D eigenvalue weighted by Crippen LogP contribution is -2.51. The number of hydrogen-bond donors (Lipinski definition) is 0. The van der Waals surface area contributed by atoms with Crippen LogP contribution in [0.3, 0.4) is 0 Å². The highest BCUT2D eigenvalue weighted by Crippen LogP contribution is 2.66. The van der Waals surface area contributed by atoms with Gasteiger partial charge in [-0.1, -0.05) is 51.8 Å². The predicted octanol–water partition coefficient (Wildman–Crippen LogP) is 7.83. The predicted molar refractivity (Wildman–Crippen MR) is 138 cm³/mol. The van der Waals surface area contributed by atoms with Gasteiger partial charge in [0.1, 0.15) is 6.61 Å². The van der Waals surface area contributed by atoms with E-state index in [9.17, 15) is 4.79 Å². The van der Waals surface area contributed by atoms with Gasteiger partial charge in [0, 0.05) is 13.0 Å². The van der Waals surface area contributed by atoms with Crippen LogP contribution in [0.25, 0.3) is 0 Å². The molecule has 33 heavy (non-hydrogen) atoms. The Bertz CT molecular complexity index is 834. The van der Waals surface area contributed by atoms with E-state index in [0.717, 1.165) is 24.2 Å². The van der Waals surface area contributed by atoms with Crippen molar-refractivity contribution in [1.82, 2.24) is 0 Å². The Hall–Kier alpha value is -0.873. The Kier molecular flexibility index (Phi) is 6.62. The van der Waals surface area contributed by atoms with Gasteiger partial charge in [-0.25, -0.2) is 0 Å². The third-order valence-corrected chi connectivity index (χ3v) is 15.3. The van der Waals surface area contributed by atoms with Gasteiger partial charge < -0.3 is 9.16 Å². The maximum Gasteiger partial charge on any atom is 0.302 e. The summed E-state index contributed by atoms with van der Waals surface area (Å²) in [7, 11) is -1.73. The van der Waals surface area contributed by atoms with Crippen molar-refractivity contribution in [2.75, 3.05) is 6.61 Å². The lowest BCUT2D eigenvalue weighted by atomic mass is 9.48. The number of carbonyl (C=O) groups excluding carboxylic acids is 1. The van der Waals surface area contributed by atoms with Gasteiger partial charge in [-0.05, 0) is 104 Å². The Morgan fingerprint density at radius 3 is 2.45 bits per heavy atom. The highest BCUT2D eigenvalue weighted by molar-refractivity contribution is 6.74. The van der Waals surface area contributed by atoms with Crippen molar-refractivity contribution >= 4 is 14.3 Å². The minimum atomic E-state index is -1.73. The molecule has 6 atom stereocenters. The molecule has 186 valence electrons. The molecule has 0 aromatic rings. The molecule has 0 spiro atoms. The van der Waals surface area contributed by atoms with Crippen LogP contribution < -0.4 is 0 Å². The number of esters is 1. The summed E-state index contributed by atoms with van der Waals surface area (Å²) in [6.07, 6.45) is 15.3. The van der Waals surface area contributed by atoms with E-state index in [4.69, 9.17) is 9.16 Å². The SMILES string of the molecule is CC(=O)OC/C=C1\CC[C@H]2[C@@H]3CC=C4C[C@@H](O[Si](C)(C)C(C)(C)C)CC[C@]4(C)[C@H]3CC[C@]12C. The fourth-order valence-corrected chi connectivity index (χ4v) is 9.15. The lowest BCUT2D eigenvalue weighted by Gasteiger charge is -2.58. The van der Waals surface area contributed by atoms with Crippen LogP contribution in [0, 0.1) is 28.6 Å². The average molecular weight is 473 g/mol. The molecule has 0 radical (unpaired) electrons. The van der Waals surface area contributed by atoms with E-state index < -0.39 is 8.32 Å². The fourth-order valence-electron chi connectivity index (χ4n) is 7.76. The van der Waals surface area contributed by atoms with Gasteiger partial charge in [0.15, 0.2) is 8.32 Å². The van der Waals surface area contributed by atoms with Gasteiger partial charge in [-0.15, -0.1) is 0 Å². The molecule has 0 N–H and O–H groups in total. The molecule has 0 aliphatic heterocycles. The van der Waals surface area contributed by atoms with Crippen LogP contribution in [0.15, 0.2) is 23.3 Å². The van der Waals surface area contributed by atoms with Crippen molar-refractivity contribution in [3.63, 3.8) is 0 Å². The number of allylic oxidation sites excluding steroid dienone is 2. The Labute approximate surface area is 203 Å². The highest BCUT2D eigenvalue weighted by Gasteiger charge is 2.57. The molecule has 4 aliphatic carbocycles. The smallest absolute Gasteiger partial charge is 0.302 e. The van der Waals surface area contributed by atoms with Crippen molar-refractivity contribution in [2.24, 2.45) is 28.6 Å². The third kappa shape index (κ3) is 4.44. The Morgan fingerprint density at radius 1 is 1.12 bits per heavy atom. The van der Waals surface area contributed by atoms with Crippen LogP contribution in [-0.4, -0.2) is 27.0 Å². The molecule has 0 bridgehead atoms. The quantitative estimate of drug-likeness (QED) is 0.237. The molecule has 3 saturated carbocycles. The fraction of sp³-hybridized carbons (Fsp3) is 0.828. The summed E-state index contributed by atoms with van der Waals surface area (Å²) in [5.74, 6) is 2.21. The van der Waals surface area contributed by atoms with Gasteiger partial charge >= 0.3 is 5.97 Å². The van der Waals surface area contributed by atoms with Crippen LogP contribution in [0.1, 0.15) is 92.9 Å². The minimum Gasteiger partial charge on any atom is -0.462 e. The molecule has 4 rings (SSSR count). The average Bonchev–Trinajstić information content (AvgIpc) is 3.03. The first-order valence-corrected chi connectivity index (χ1v) is 16.4. The van der Waals surface area contributed by atoms with Crippen molar-refractivity contribution in [2.45, 2.75) is 117 Å². The number of carbonyl (C=O) groups is 1. The molecule has 0 aromatic carbocycles. The Balaban J connectivity index is 1.49. The summed E-state index contributed by atoms with van der Waals surface area (Å²) in [5, 5.41) is 0.275. The third-order valence-electron chi connectivity index (χ3n) is 10.8. The standard InChI is InChI=1S/C29H48O3Si/c1-20(30)31-18-15-21-10-12-25-24-11-9-22-19-23(32-33(7,8)27(2,3)4)13-16-29(22,6)26(24)14-17-28(21,25)5/h9,15,23-26H,10-14,16-19H2,1-8H3/b21-15+/t23-,24-,25-,26-,28+,29-/m0/s1. The zero-order valence-corrected chi connectivity index (χ0v) is 23.6. The van der Waals surface area contributed by atoms with Gasteiger partial charge in [-0.3, -0.25) is 4.79 Å². The number of rotatable bonds is 4. The van der Waals surface area contributed by atoms with Gasteiger partial charge in [0.25, 0.3) is 0 Å². The molecular formula is C29H48O3Si. The van der Waals surface area contributed by atoms with E-state index >= 15 is 0 Å². The van der Waals surface area contributed by atoms with E-state index in [0.29, 0.717) is 23.5 Å². The van der Waals surface area contributed by atoms with E-state index in [1.807, 2.05) is 0 Å². The molecule has 3 nitrogen and oxygen atoms in total. The van der Waals surface area contributed by atoms with E-state index in [1.54, 1.807) is 11.1 Å². The zero-order chi connectivity index (χ0) is 24.2. The molecular weight excluding hydrogens is 424 g/mol. The van der Waals surface area contributed by atoms with Crippen molar-refractivity contribution in [3.05, 3.63) is 23.3 Å². The second-order valence-corrected chi connectivity index (χ2v) is 18.3. The van der Waals surface area contributed by atoms with E-state index in [-0.39, 0.29) is 11.0 Å². The molecule has 4 heteroatoms. The van der Waals surface area contributed by atoms with Gasteiger partial charge in [0.05, 0.1) is 0 Å². The summed E-state index contributed by atoms with van der Waals surface area (Å²) in [6, 6.07) is 0. The van der Waals surface area contributed by atoms with Crippen molar-refractivity contribution in [3.8, 4) is 0 Å². The summed E-state index contributed by atoms with van der Waals surface area (Å²) >= 11 is 0. The highest BCUT2D eigenvalue weighted by atomic mass is 28.4. The molecule has 4 aliphatic rings. The summed E-state index contributed by atoms with van der Waals surface area (Å²) < 4.78 is 12.1.